The zero-order valence-corrected chi connectivity index (χ0v) is 70.1. The summed E-state index contributed by atoms with van der Waals surface area (Å²) in [4.78, 5) is 73.2. The summed E-state index contributed by atoms with van der Waals surface area (Å²) < 4.78 is 68.8. The first-order chi connectivity index (χ1) is 51.1. The van der Waals surface area contributed by atoms with E-state index in [1.807, 2.05) is 0 Å². The summed E-state index contributed by atoms with van der Waals surface area (Å²) in [5.74, 6) is -1.26. The summed E-state index contributed by atoms with van der Waals surface area (Å²) in [5.41, 5.74) is 0. The van der Waals surface area contributed by atoms with E-state index in [2.05, 4.69) is 58.9 Å². The SMILES string of the molecule is CCCCCC/C=C\C=C/CCCCCCCC(=O)O[C@H](COC(=O)CCCCCCCCCCCCC)COP(=O)(O)OC[C@H](O)COP(=O)(O)OC[C@@H](COC(=O)CCCCCCCCCCCCCCCCCCC)OC(=O)CCCCCCCCCCCCCCCCCCCCC(C)CC. The zero-order valence-electron chi connectivity index (χ0n) is 68.4. The molecular weight excluding hydrogens is 1370 g/mol. The van der Waals surface area contributed by atoms with Gasteiger partial charge in [-0.15, -0.1) is 0 Å². The van der Waals surface area contributed by atoms with Crippen molar-refractivity contribution in [2.24, 2.45) is 5.92 Å². The molecule has 6 atom stereocenters. The second-order valence-electron chi connectivity index (χ2n) is 30.5. The van der Waals surface area contributed by atoms with Crippen LogP contribution in [0.5, 0.6) is 0 Å². The summed E-state index contributed by atoms with van der Waals surface area (Å²) >= 11 is 0. The highest BCUT2D eigenvalue weighted by Gasteiger charge is 2.30. The van der Waals surface area contributed by atoms with Crippen LogP contribution in [0.15, 0.2) is 24.3 Å². The van der Waals surface area contributed by atoms with E-state index in [0.717, 1.165) is 109 Å². The first-order valence-electron chi connectivity index (χ1n) is 44.0. The van der Waals surface area contributed by atoms with Gasteiger partial charge in [0, 0.05) is 25.7 Å². The van der Waals surface area contributed by atoms with Gasteiger partial charge in [0.05, 0.1) is 26.4 Å². The van der Waals surface area contributed by atoms with Crippen molar-refractivity contribution in [3.63, 3.8) is 0 Å². The molecule has 620 valence electrons. The molecule has 17 nitrogen and oxygen atoms in total. The van der Waals surface area contributed by atoms with Crippen molar-refractivity contribution < 1.29 is 80.2 Å². The van der Waals surface area contributed by atoms with Crippen LogP contribution in [-0.4, -0.2) is 96.7 Å². The minimum absolute atomic E-state index is 0.0858. The molecule has 105 heavy (non-hydrogen) atoms. The lowest BCUT2D eigenvalue weighted by molar-refractivity contribution is -0.161. The molecule has 0 heterocycles. The number of allylic oxidation sites excluding steroid dienone is 4. The van der Waals surface area contributed by atoms with Crippen molar-refractivity contribution in [2.75, 3.05) is 39.6 Å². The number of esters is 4. The molecule has 0 aliphatic rings. The van der Waals surface area contributed by atoms with E-state index >= 15 is 0 Å². The Bertz CT molecular complexity index is 2090. The summed E-state index contributed by atoms with van der Waals surface area (Å²) in [6.07, 6.45) is 74.3. The minimum atomic E-state index is -4.97. The van der Waals surface area contributed by atoms with Gasteiger partial charge in [0.25, 0.3) is 0 Å². The predicted molar refractivity (Wildman–Crippen MR) is 432 cm³/mol. The average molecular weight is 1530 g/mol. The maximum atomic E-state index is 13.1. The lowest BCUT2D eigenvalue weighted by atomic mass is 9.99. The predicted octanol–water partition coefficient (Wildman–Crippen LogP) is 25.9. The van der Waals surface area contributed by atoms with E-state index in [1.165, 1.54) is 250 Å². The molecule has 3 unspecified atom stereocenters. The van der Waals surface area contributed by atoms with E-state index in [4.69, 9.17) is 37.0 Å². The Morgan fingerprint density at radius 2 is 0.533 bits per heavy atom. The average Bonchev–Trinajstić information content (AvgIpc) is 0.910. The molecule has 0 bridgehead atoms. The topological polar surface area (TPSA) is 237 Å². The molecule has 0 radical (unpaired) electrons. The molecule has 0 rings (SSSR count). The number of carbonyl (C=O) groups is 4. The first kappa shape index (κ1) is 103. The molecule has 0 fully saturated rings. The molecule has 0 aromatic rings. The zero-order chi connectivity index (χ0) is 76.9. The Morgan fingerprint density at radius 1 is 0.305 bits per heavy atom. The number of phosphoric ester groups is 2. The third kappa shape index (κ3) is 78.0. The lowest BCUT2D eigenvalue weighted by Gasteiger charge is -2.21. The Morgan fingerprint density at radius 3 is 0.810 bits per heavy atom. The van der Waals surface area contributed by atoms with E-state index < -0.39 is 97.5 Å². The van der Waals surface area contributed by atoms with Gasteiger partial charge in [0.15, 0.2) is 12.2 Å². The highest BCUT2D eigenvalue weighted by molar-refractivity contribution is 7.47. The monoisotopic (exact) mass is 1530 g/mol. The number of unbranched alkanes of at least 4 members (excludes halogenated alkanes) is 52. The number of ether oxygens (including phenoxy) is 4. The van der Waals surface area contributed by atoms with E-state index in [0.29, 0.717) is 25.7 Å². The van der Waals surface area contributed by atoms with Crippen LogP contribution in [0, 0.1) is 5.92 Å². The third-order valence-corrected chi connectivity index (χ3v) is 21.9. The standard InChI is InChI=1S/C86H164O17P2/c1-6-10-13-16-19-22-25-27-29-32-37-40-45-50-55-60-65-70-84(89)97-76-82(103-86(91)72-67-62-57-52-47-42-38-34-31-30-33-36-39-44-48-53-58-63-68-79(5)9-4)78-101-105(94,95)99-74-80(87)73-98-104(92,93)100-77-81(75-96-83(88)69-64-59-54-49-43-24-21-18-15-12-8-3)102-85(90)71-66-61-56-51-46-41-35-28-26-23-20-17-14-11-7-2/h23,26,28,35,79-82,87H,6-22,24-25,27,29-34,36-78H2,1-5H3,(H,92,93)(H,94,95)/b26-23-,35-28-/t79?,80-,81+,82+/m0/s1. The summed E-state index contributed by atoms with van der Waals surface area (Å²) in [5, 5.41) is 10.7. The van der Waals surface area contributed by atoms with Crippen molar-refractivity contribution in [3.8, 4) is 0 Å². The second kappa shape index (κ2) is 78.2. The van der Waals surface area contributed by atoms with Crippen LogP contribution in [-0.2, 0) is 65.4 Å². The fourth-order valence-electron chi connectivity index (χ4n) is 12.9. The van der Waals surface area contributed by atoms with Crippen molar-refractivity contribution in [1.82, 2.24) is 0 Å². The molecule has 0 aromatic heterocycles. The number of carbonyl (C=O) groups excluding carboxylic acids is 4. The highest BCUT2D eigenvalue weighted by atomic mass is 31.2. The molecule has 0 saturated heterocycles. The van der Waals surface area contributed by atoms with Gasteiger partial charge in [0.1, 0.15) is 19.3 Å². The van der Waals surface area contributed by atoms with E-state index in [9.17, 15) is 43.2 Å². The molecular formula is C86H164O17P2. The van der Waals surface area contributed by atoms with Crippen molar-refractivity contribution in [1.29, 1.82) is 0 Å². The van der Waals surface area contributed by atoms with Crippen molar-refractivity contribution in [3.05, 3.63) is 24.3 Å². The van der Waals surface area contributed by atoms with Crippen LogP contribution < -0.4 is 0 Å². The molecule has 0 amide bonds. The second-order valence-corrected chi connectivity index (χ2v) is 33.4. The van der Waals surface area contributed by atoms with E-state index in [-0.39, 0.29) is 25.7 Å². The molecule has 0 spiro atoms. The van der Waals surface area contributed by atoms with Gasteiger partial charge in [-0.2, -0.15) is 0 Å². The van der Waals surface area contributed by atoms with Gasteiger partial charge < -0.3 is 33.8 Å². The van der Waals surface area contributed by atoms with Crippen LogP contribution in [0.4, 0.5) is 0 Å². The van der Waals surface area contributed by atoms with Crippen molar-refractivity contribution >= 4 is 39.5 Å². The Kier molecular flexibility index (Phi) is 76.4. The van der Waals surface area contributed by atoms with Crippen LogP contribution in [0.2, 0.25) is 0 Å². The quantitative estimate of drug-likeness (QED) is 0.0169. The summed E-state index contributed by atoms with van der Waals surface area (Å²) in [6.45, 7) is 7.36. The van der Waals surface area contributed by atoms with Gasteiger partial charge in [-0.05, 0) is 57.3 Å². The molecule has 0 saturated carbocycles. The fraction of sp³-hybridized carbons (Fsp3) is 0.907. The molecule has 19 heteroatoms. The Hall–Kier alpha value is -2.46. The van der Waals surface area contributed by atoms with Gasteiger partial charge in [0.2, 0.25) is 0 Å². The maximum absolute atomic E-state index is 13.1. The Balaban J connectivity index is 5.26. The van der Waals surface area contributed by atoms with Gasteiger partial charge in [-0.1, -0.05) is 386 Å². The van der Waals surface area contributed by atoms with Crippen LogP contribution >= 0.6 is 15.6 Å². The number of phosphoric acid groups is 2. The summed E-state index contributed by atoms with van der Waals surface area (Å²) in [7, 11) is -9.94. The fourth-order valence-corrected chi connectivity index (χ4v) is 14.5. The smallest absolute Gasteiger partial charge is 0.462 e. The molecule has 0 aliphatic heterocycles. The maximum Gasteiger partial charge on any atom is 0.472 e. The number of rotatable bonds is 84. The van der Waals surface area contributed by atoms with Gasteiger partial charge >= 0.3 is 39.5 Å². The van der Waals surface area contributed by atoms with E-state index in [1.54, 1.807) is 0 Å². The third-order valence-electron chi connectivity index (χ3n) is 20.0. The van der Waals surface area contributed by atoms with Gasteiger partial charge in [-0.25, -0.2) is 9.13 Å². The Labute approximate surface area is 643 Å². The van der Waals surface area contributed by atoms with Crippen molar-refractivity contribution in [2.45, 2.75) is 457 Å². The van der Waals surface area contributed by atoms with Crippen LogP contribution in [0.25, 0.3) is 0 Å². The normalized spacial score (nSPS) is 14.2. The number of aliphatic hydroxyl groups excluding tert-OH is 1. The minimum Gasteiger partial charge on any atom is -0.462 e. The largest absolute Gasteiger partial charge is 0.472 e. The number of hydrogen-bond acceptors (Lipinski definition) is 15. The number of hydrogen-bond donors (Lipinski definition) is 3. The number of aliphatic hydroxyl groups is 1. The summed E-state index contributed by atoms with van der Waals surface area (Å²) in [6, 6.07) is 0. The molecule has 3 N–H and O–H groups in total. The van der Waals surface area contributed by atoms with Crippen LogP contribution in [0.3, 0.4) is 0 Å². The first-order valence-corrected chi connectivity index (χ1v) is 47.0. The highest BCUT2D eigenvalue weighted by Crippen LogP contribution is 2.45. The molecule has 0 aliphatic carbocycles. The molecule has 0 aromatic carbocycles. The van der Waals surface area contributed by atoms with Crippen LogP contribution in [0.1, 0.15) is 439 Å². The van der Waals surface area contributed by atoms with Gasteiger partial charge in [-0.3, -0.25) is 37.3 Å². The lowest BCUT2D eigenvalue weighted by Crippen LogP contribution is -2.30.